The molecule has 2 rings (SSSR count). The van der Waals surface area contributed by atoms with Gasteiger partial charge in [0.25, 0.3) is 0 Å². The Morgan fingerprint density at radius 3 is 2.56 bits per heavy atom. The molecule has 0 saturated carbocycles. The van der Waals surface area contributed by atoms with Gasteiger partial charge < -0.3 is 10.2 Å². The Kier molecular flexibility index (Phi) is 3.35. The van der Waals surface area contributed by atoms with Crippen molar-refractivity contribution in [3.63, 3.8) is 0 Å². The number of benzene rings is 1. The van der Waals surface area contributed by atoms with E-state index in [1.165, 1.54) is 9.13 Å². The summed E-state index contributed by atoms with van der Waals surface area (Å²) in [6.07, 6.45) is 0. The zero-order valence-electron chi connectivity index (χ0n) is 9.33. The van der Waals surface area contributed by atoms with Crippen molar-refractivity contribution in [2.24, 2.45) is 5.73 Å². The fourth-order valence-electron chi connectivity index (χ4n) is 1.68. The standard InChI is InChI=1S/C13H14INO/c1-8-4-3-5-10(12(8)14)13(15)11-7-6-9(2)16-11/h3-7,13H,15H2,1-2H3. The van der Waals surface area contributed by atoms with Gasteiger partial charge in [-0.25, -0.2) is 0 Å². The van der Waals surface area contributed by atoms with E-state index in [1.54, 1.807) is 0 Å². The second kappa shape index (κ2) is 4.59. The fourth-order valence-corrected chi connectivity index (χ4v) is 2.38. The summed E-state index contributed by atoms with van der Waals surface area (Å²) in [7, 11) is 0. The lowest BCUT2D eigenvalue weighted by Gasteiger charge is -2.13. The first kappa shape index (κ1) is 11.7. The Morgan fingerprint density at radius 1 is 1.19 bits per heavy atom. The molecular weight excluding hydrogens is 313 g/mol. The highest BCUT2D eigenvalue weighted by atomic mass is 127. The van der Waals surface area contributed by atoms with Crippen LogP contribution in [0, 0.1) is 17.4 Å². The summed E-state index contributed by atoms with van der Waals surface area (Å²) in [6.45, 7) is 4.02. The van der Waals surface area contributed by atoms with E-state index in [0.717, 1.165) is 17.1 Å². The van der Waals surface area contributed by atoms with Crippen LogP contribution in [0.2, 0.25) is 0 Å². The quantitative estimate of drug-likeness (QED) is 0.857. The van der Waals surface area contributed by atoms with E-state index in [9.17, 15) is 0 Å². The molecule has 0 aliphatic carbocycles. The number of hydrogen-bond donors (Lipinski definition) is 1. The number of hydrogen-bond acceptors (Lipinski definition) is 2. The maximum absolute atomic E-state index is 6.20. The zero-order valence-corrected chi connectivity index (χ0v) is 11.5. The predicted molar refractivity (Wildman–Crippen MR) is 73.4 cm³/mol. The van der Waals surface area contributed by atoms with Crippen molar-refractivity contribution in [3.05, 3.63) is 56.5 Å². The molecule has 0 saturated heterocycles. The van der Waals surface area contributed by atoms with Gasteiger partial charge in [0.1, 0.15) is 11.5 Å². The van der Waals surface area contributed by atoms with Crippen LogP contribution in [0.15, 0.2) is 34.7 Å². The van der Waals surface area contributed by atoms with Gasteiger partial charge in [-0.15, -0.1) is 0 Å². The zero-order chi connectivity index (χ0) is 11.7. The lowest BCUT2D eigenvalue weighted by atomic mass is 10.0. The van der Waals surface area contributed by atoms with Crippen molar-refractivity contribution < 1.29 is 4.42 Å². The minimum atomic E-state index is -0.180. The SMILES string of the molecule is Cc1ccc(C(N)c2cccc(C)c2I)o1. The van der Waals surface area contributed by atoms with Crippen LogP contribution in [0.5, 0.6) is 0 Å². The normalized spacial score (nSPS) is 12.8. The topological polar surface area (TPSA) is 39.2 Å². The van der Waals surface area contributed by atoms with E-state index in [-0.39, 0.29) is 6.04 Å². The van der Waals surface area contributed by atoms with Crippen LogP contribution < -0.4 is 5.73 Å². The van der Waals surface area contributed by atoms with E-state index in [4.69, 9.17) is 10.2 Å². The van der Waals surface area contributed by atoms with Crippen LogP contribution in [0.25, 0.3) is 0 Å². The van der Waals surface area contributed by atoms with Gasteiger partial charge in [-0.2, -0.15) is 0 Å². The second-order valence-corrected chi connectivity index (χ2v) is 4.98. The van der Waals surface area contributed by atoms with Crippen molar-refractivity contribution in [2.45, 2.75) is 19.9 Å². The Hall–Kier alpha value is -0.810. The highest BCUT2D eigenvalue weighted by Gasteiger charge is 2.15. The van der Waals surface area contributed by atoms with Gasteiger partial charge in [0, 0.05) is 3.57 Å². The molecule has 0 bridgehead atoms. The number of rotatable bonds is 2. The average molecular weight is 327 g/mol. The lowest BCUT2D eigenvalue weighted by Crippen LogP contribution is -2.13. The van der Waals surface area contributed by atoms with Crippen LogP contribution >= 0.6 is 22.6 Å². The predicted octanol–water partition coefficient (Wildman–Crippen LogP) is 3.55. The van der Waals surface area contributed by atoms with Crippen molar-refractivity contribution >= 4 is 22.6 Å². The van der Waals surface area contributed by atoms with Gasteiger partial charge >= 0.3 is 0 Å². The lowest BCUT2D eigenvalue weighted by molar-refractivity contribution is 0.466. The second-order valence-electron chi connectivity index (χ2n) is 3.90. The Bertz CT molecular complexity index is 504. The van der Waals surface area contributed by atoms with Gasteiger partial charge in [0.2, 0.25) is 0 Å². The Labute approximate surface area is 109 Å². The molecule has 2 aromatic rings. The van der Waals surface area contributed by atoms with Gasteiger partial charge in [-0.05, 0) is 59.7 Å². The number of nitrogens with two attached hydrogens (primary N) is 1. The minimum Gasteiger partial charge on any atom is -0.464 e. The summed E-state index contributed by atoms with van der Waals surface area (Å²) in [4.78, 5) is 0. The largest absolute Gasteiger partial charge is 0.464 e. The molecule has 0 aliphatic heterocycles. The monoisotopic (exact) mass is 327 g/mol. The highest BCUT2D eigenvalue weighted by Crippen LogP contribution is 2.27. The van der Waals surface area contributed by atoms with E-state index in [1.807, 2.05) is 25.1 Å². The van der Waals surface area contributed by atoms with Gasteiger partial charge in [0.05, 0.1) is 6.04 Å². The van der Waals surface area contributed by atoms with E-state index in [0.29, 0.717) is 0 Å². The number of furan rings is 1. The summed E-state index contributed by atoms with van der Waals surface area (Å²) in [5.41, 5.74) is 8.57. The van der Waals surface area contributed by atoms with Crippen molar-refractivity contribution in [1.29, 1.82) is 0 Å². The third-order valence-corrected chi connectivity index (χ3v) is 4.10. The van der Waals surface area contributed by atoms with E-state index >= 15 is 0 Å². The van der Waals surface area contributed by atoms with Crippen LogP contribution in [-0.4, -0.2) is 0 Å². The molecule has 1 heterocycles. The minimum absolute atomic E-state index is 0.180. The van der Waals surface area contributed by atoms with Crippen molar-refractivity contribution in [1.82, 2.24) is 0 Å². The molecule has 0 radical (unpaired) electrons. The highest BCUT2D eigenvalue weighted by molar-refractivity contribution is 14.1. The first-order valence-electron chi connectivity index (χ1n) is 5.16. The van der Waals surface area contributed by atoms with Gasteiger partial charge in [0.15, 0.2) is 0 Å². The molecule has 0 fully saturated rings. The number of halogens is 1. The van der Waals surface area contributed by atoms with Crippen LogP contribution in [0.3, 0.4) is 0 Å². The number of aryl methyl sites for hydroxylation is 2. The summed E-state index contributed by atoms with van der Waals surface area (Å²) in [5.74, 6) is 1.72. The summed E-state index contributed by atoms with van der Waals surface area (Å²) in [6, 6.07) is 9.88. The molecule has 1 aromatic carbocycles. The van der Waals surface area contributed by atoms with Crippen molar-refractivity contribution in [2.75, 3.05) is 0 Å². The average Bonchev–Trinajstić information content (AvgIpc) is 2.68. The van der Waals surface area contributed by atoms with E-state index in [2.05, 4.69) is 41.6 Å². The molecule has 1 aromatic heterocycles. The van der Waals surface area contributed by atoms with Crippen LogP contribution in [-0.2, 0) is 0 Å². The molecule has 0 spiro atoms. The van der Waals surface area contributed by atoms with Crippen molar-refractivity contribution in [3.8, 4) is 0 Å². The molecule has 0 amide bonds. The first-order valence-corrected chi connectivity index (χ1v) is 6.24. The summed E-state index contributed by atoms with van der Waals surface area (Å²) >= 11 is 2.33. The smallest absolute Gasteiger partial charge is 0.125 e. The fraction of sp³-hybridized carbons (Fsp3) is 0.231. The van der Waals surface area contributed by atoms with E-state index < -0.39 is 0 Å². The van der Waals surface area contributed by atoms with Gasteiger partial charge in [-0.1, -0.05) is 18.2 Å². The van der Waals surface area contributed by atoms with Crippen LogP contribution in [0.1, 0.15) is 28.7 Å². The third-order valence-electron chi connectivity index (χ3n) is 2.62. The molecule has 1 atom stereocenters. The summed E-state index contributed by atoms with van der Waals surface area (Å²) in [5, 5.41) is 0. The molecule has 1 unspecified atom stereocenters. The molecule has 0 aliphatic rings. The molecule has 3 heteroatoms. The molecular formula is C13H14INO. The summed E-state index contributed by atoms with van der Waals surface area (Å²) < 4.78 is 6.78. The molecule has 84 valence electrons. The molecule has 2 N–H and O–H groups in total. The van der Waals surface area contributed by atoms with Crippen LogP contribution in [0.4, 0.5) is 0 Å². The van der Waals surface area contributed by atoms with Gasteiger partial charge in [-0.3, -0.25) is 0 Å². The maximum atomic E-state index is 6.20. The molecule has 16 heavy (non-hydrogen) atoms. The Morgan fingerprint density at radius 2 is 1.94 bits per heavy atom. The Balaban J connectivity index is 2.41. The maximum Gasteiger partial charge on any atom is 0.125 e. The third kappa shape index (κ3) is 2.15. The molecule has 2 nitrogen and oxygen atoms in total. The first-order chi connectivity index (χ1) is 7.59.